The Morgan fingerprint density at radius 2 is 2.64 bits per heavy atom. The first-order chi connectivity index (χ1) is 6.92. The van der Waals surface area contributed by atoms with Gasteiger partial charge in [0.1, 0.15) is 5.01 Å². The third-order valence-corrected chi connectivity index (χ3v) is 4.62. The number of hydrogen-bond donors (Lipinski definition) is 1. The van der Waals surface area contributed by atoms with Crippen LogP contribution < -0.4 is 5.32 Å². The van der Waals surface area contributed by atoms with Crippen LogP contribution in [-0.2, 0) is 0 Å². The van der Waals surface area contributed by atoms with Gasteiger partial charge in [-0.15, -0.1) is 11.3 Å². The van der Waals surface area contributed by atoms with Gasteiger partial charge in [-0.2, -0.15) is 11.8 Å². The van der Waals surface area contributed by atoms with E-state index in [-0.39, 0.29) is 0 Å². The van der Waals surface area contributed by atoms with Crippen molar-refractivity contribution in [2.24, 2.45) is 5.92 Å². The van der Waals surface area contributed by atoms with Crippen molar-refractivity contribution in [3.8, 4) is 0 Å². The first-order valence-electron chi connectivity index (χ1n) is 5.12. The number of rotatable bonds is 4. The Morgan fingerprint density at radius 1 is 1.71 bits per heavy atom. The molecule has 14 heavy (non-hydrogen) atoms. The van der Waals surface area contributed by atoms with Crippen LogP contribution >= 0.6 is 23.1 Å². The summed E-state index contributed by atoms with van der Waals surface area (Å²) in [5, 5.41) is 6.90. The van der Waals surface area contributed by atoms with Gasteiger partial charge < -0.3 is 5.32 Å². The van der Waals surface area contributed by atoms with Crippen LogP contribution in [0.5, 0.6) is 0 Å². The second-order valence-electron chi connectivity index (χ2n) is 3.53. The molecular weight excluding hydrogens is 212 g/mol. The van der Waals surface area contributed by atoms with Gasteiger partial charge in [0.05, 0.1) is 6.04 Å². The van der Waals surface area contributed by atoms with E-state index in [1.54, 1.807) is 11.3 Å². The average molecular weight is 228 g/mol. The van der Waals surface area contributed by atoms with Crippen molar-refractivity contribution >= 4 is 23.1 Å². The lowest BCUT2D eigenvalue weighted by Crippen LogP contribution is -2.28. The van der Waals surface area contributed by atoms with Gasteiger partial charge in [-0.1, -0.05) is 6.92 Å². The Morgan fingerprint density at radius 3 is 3.21 bits per heavy atom. The molecule has 1 aromatic rings. The van der Waals surface area contributed by atoms with Crippen LogP contribution in [0, 0.1) is 5.92 Å². The highest BCUT2D eigenvalue weighted by atomic mass is 32.2. The topological polar surface area (TPSA) is 24.9 Å². The van der Waals surface area contributed by atoms with Crippen molar-refractivity contribution in [3.05, 3.63) is 16.6 Å². The highest BCUT2D eigenvalue weighted by Gasteiger charge is 2.27. The maximum atomic E-state index is 4.43. The van der Waals surface area contributed by atoms with Gasteiger partial charge in [-0.3, -0.25) is 0 Å². The first-order valence-corrected chi connectivity index (χ1v) is 7.15. The second kappa shape index (κ2) is 5.14. The molecule has 78 valence electrons. The number of hydrogen-bond acceptors (Lipinski definition) is 4. The van der Waals surface area contributed by atoms with Gasteiger partial charge in [-0.25, -0.2) is 4.98 Å². The normalized spacial score (nSPS) is 23.9. The molecule has 2 unspecified atom stereocenters. The summed E-state index contributed by atoms with van der Waals surface area (Å²) in [4.78, 5) is 4.43. The Hall–Kier alpha value is -0.0600. The Balaban J connectivity index is 2.06. The fourth-order valence-electron chi connectivity index (χ4n) is 1.88. The number of nitrogens with zero attached hydrogens (tertiary/aromatic N) is 1. The standard InChI is InChI=1S/C10H16N2S2/c1-2-11-9(8-3-5-13-7-8)10-12-4-6-14-10/h4,6,8-9,11H,2-3,5,7H2,1H3. The van der Waals surface area contributed by atoms with Crippen molar-refractivity contribution in [1.29, 1.82) is 0 Å². The lowest BCUT2D eigenvalue weighted by molar-refractivity contribution is 0.400. The molecule has 1 fully saturated rings. The number of nitrogens with one attached hydrogen (secondary N) is 1. The van der Waals surface area contributed by atoms with E-state index < -0.39 is 0 Å². The number of thioether (sulfide) groups is 1. The summed E-state index contributed by atoms with van der Waals surface area (Å²) >= 11 is 3.85. The Bertz CT molecular complexity index is 255. The predicted octanol–water partition coefficient (Wildman–Crippen LogP) is 2.55. The third kappa shape index (κ3) is 2.30. The van der Waals surface area contributed by atoms with E-state index in [2.05, 4.69) is 34.4 Å². The summed E-state index contributed by atoms with van der Waals surface area (Å²) in [6, 6.07) is 0.495. The summed E-state index contributed by atoms with van der Waals surface area (Å²) in [5.41, 5.74) is 0. The van der Waals surface area contributed by atoms with Gasteiger partial charge in [0.25, 0.3) is 0 Å². The maximum Gasteiger partial charge on any atom is 0.110 e. The van der Waals surface area contributed by atoms with E-state index in [1.165, 1.54) is 22.9 Å². The predicted molar refractivity (Wildman–Crippen MR) is 64.0 cm³/mol. The van der Waals surface area contributed by atoms with Gasteiger partial charge >= 0.3 is 0 Å². The monoisotopic (exact) mass is 228 g/mol. The van der Waals surface area contributed by atoms with E-state index >= 15 is 0 Å². The molecule has 0 amide bonds. The molecule has 0 spiro atoms. The van der Waals surface area contributed by atoms with Crippen molar-refractivity contribution in [2.45, 2.75) is 19.4 Å². The molecule has 1 aromatic heterocycles. The molecule has 0 aliphatic carbocycles. The Labute approximate surface area is 93.5 Å². The summed E-state index contributed by atoms with van der Waals surface area (Å²) in [6.45, 7) is 3.20. The SMILES string of the molecule is CCNC(c1nccs1)C1CCSC1. The molecule has 1 aliphatic heterocycles. The molecule has 1 N–H and O–H groups in total. The molecule has 4 heteroatoms. The molecule has 2 heterocycles. The zero-order valence-corrected chi connectivity index (χ0v) is 10.0. The van der Waals surface area contributed by atoms with Gasteiger partial charge in [-0.05, 0) is 30.4 Å². The quantitative estimate of drug-likeness (QED) is 0.857. The minimum absolute atomic E-state index is 0.495. The van der Waals surface area contributed by atoms with Crippen LogP contribution in [0.15, 0.2) is 11.6 Å². The molecular formula is C10H16N2S2. The van der Waals surface area contributed by atoms with E-state index in [4.69, 9.17) is 0 Å². The zero-order chi connectivity index (χ0) is 9.80. The van der Waals surface area contributed by atoms with Gasteiger partial charge in [0.2, 0.25) is 0 Å². The largest absolute Gasteiger partial charge is 0.308 e. The minimum Gasteiger partial charge on any atom is -0.308 e. The third-order valence-electron chi connectivity index (χ3n) is 2.58. The lowest BCUT2D eigenvalue weighted by Gasteiger charge is -2.21. The van der Waals surface area contributed by atoms with Crippen molar-refractivity contribution < 1.29 is 0 Å². The number of thiazole rings is 1. The van der Waals surface area contributed by atoms with E-state index in [0.29, 0.717) is 6.04 Å². The van der Waals surface area contributed by atoms with Crippen LogP contribution in [0.1, 0.15) is 24.4 Å². The van der Waals surface area contributed by atoms with Crippen LogP contribution in [-0.4, -0.2) is 23.0 Å². The molecule has 1 aliphatic rings. The van der Waals surface area contributed by atoms with Gasteiger partial charge in [0, 0.05) is 11.6 Å². The molecule has 2 atom stereocenters. The van der Waals surface area contributed by atoms with Crippen molar-refractivity contribution in [1.82, 2.24) is 10.3 Å². The van der Waals surface area contributed by atoms with E-state index in [1.807, 2.05) is 6.20 Å². The second-order valence-corrected chi connectivity index (χ2v) is 5.61. The highest BCUT2D eigenvalue weighted by molar-refractivity contribution is 7.99. The van der Waals surface area contributed by atoms with Crippen molar-refractivity contribution in [3.63, 3.8) is 0 Å². The highest BCUT2D eigenvalue weighted by Crippen LogP contribution is 2.34. The van der Waals surface area contributed by atoms with E-state index in [9.17, 15) is 0 Å². The summed E-state index contributed by atoms with van der Waals surface area (Å²) < 4.78 is 0. The summed E-state index contributed by atoms with van der Waals surface area (Å²) in [5.74, 6) is 3.39. The minimum atomic E-state index is 0.495. The summed E-state index contributed by atoms with van der Waals surface area (Å²) in [7, 11) is 0. The number of aromatic nitrogens is 1. The van der Waals surface area contributed by atoms with E-state index in [0.717, 1.165) is 12.5 Å². The molecule has 0 radical (unpaired) electrons. The summed E-state index contributed by atoms with van der Waals surface area (Å²) in [6.07, 6.45) is 3.24. The smallest absolute Gasteiger partial charge is 0.110 e. The molecule has 0 aromatic carbocycles. The fourth-order valence-corrected chi connectivity index (χ4v) is 3.98. The van der Waals surface area contributed by atoms with Crippen LogP contribution in [0.25, 0.3) is 0 Å². The molecule has 1 saturated heterocycles. The van der Waals surface area contributed by atoms with Crippen LogP contribution in [0.2, 0.25) is 0 Å². The molecule has 2 rings (SSSR count). The fraction of sp³-hybridized carbons (Fsp3) is 0.700. The first kappa shape index (κ1) is 10.5. The molecule has 2 nitrogen and oxygen atoms in total. The lowest BCUT2D eigenvalue weighted by atomic mass is 10.00. The maximum absolute atomic E-state index is 4.43. The van der Waals surface area contributed by atoms with Crippen LogP contribution in [0.4, 0.5) is 0 Å². The molecule has 0 saturated carbocycles. The van der Waals surface area contributed by atoms with Crippen molar-refractivity contribution in [2.75, 3.05) is 18.1 Å². The Kier molecular flexibility index (Phi) is 3.84. The molecule has 0 bridgehead atoms. The van der Waals surface area contributed by atoms with Gasteiger partial charge in [0.15, 0.2) is 0 Å². The zero-order valence-electron chi connectivity index (χ0n) is 8.40. The van der Waals surface area contributed by atoms with Crippen LogP contribution in [0.3, 0.4) is 0 Å². The average Bonchev–Trinajstić information content (AvgIpc) is 2.87.